The maximum absolute atomic E-state index is 11.7. The van der Waals surface area contributed by atoms with Crippen LogP contribution in [0.25, 0.3) is 0 Å². The molecule has 0 unspecified atom stereocenters. The van der Waals surface area contributed by atoms with Gasteiger partial charge in [0.2, 0.25) is 11.8 Å². The highest BCUT2D eigenvalue weighted by molar-refractivity contribution is 7.10. The van der Waals surface area contributed by atoms with Crippen molar-refractivity contribution in [2.75, 3.05) is 11.9 Å². The number of carbonyl (C=O) groups is 2. The van der Waals surface area contributed by atoms with Crippen LogP contribution in [-0.4, -0.2) is 18.4 Å². The zero-order valence-corrected chi connectivity index (χ0v) is 12.0. The molecule has 20 heavy (non-hydrogen) atoms. The van der Waals surface area contributed by atoms with Crippen LogP contribution >= 0.6 is 11.3 Å². The fraction of sp³-hybridized carbons (Fsp3) is 0.200. The average molecular weight is 288 g/mol. The number of hydrogen-bond donors (Lipinski definition) is 2. The van der Waals surface area contributed by atoms with Gasteiger partial charge < -0.3 is 10.6 Å². The lowest BCUT2D eigenvalue weighted by Crippen LogP contribution is -2.33. The Hall–Kier alpha value is -2.14. The van der Waals surface area contributed by atoms with Gasteiger partial charge >= 0.3 is 0 Å². The number of benzene rings is 1. The lowest BCUT2D eigenvalue weighted by Gasteiger charge is -2.07. The first kappa shape index (κ1) is 14.3. The average Bonchev–Trinajstić information content (AvgIpc) is 2.89. The van der Waals surface area contributed by atoms with E-state index in [1.807, 2.05) is 48.7 Å². The second kappa shape index (κ2) is 6.86. The minimum absolute atomic E-state index is 0.0157. The van der Waals surface area contributed by atoms with E-state index < -0.39 is 0 Å². The summed E-state index contributed by atoms with van der Waals surface area (Å²) in [6.07, 6.45) is 0.315. The predicted octanol–water partition coefficient (Wildman–Crippen LogP) is 2.35. The molecule has 1 aromatic carbocycles. The predicted molar refractivity (Wildman–Crippen MR) is 80.8 cm³/mol. The zero-order valence-electron chi connectivity index (χ0n) is 11.2. The second-order valence-corrected chi connectivity index (χ2v) is 5.48. The minimum atomic E-state index is -0.227. The summed E-state index contributed by atoms with van der Waals surface area (Å²) < 4.78 is 0. The van der Waals surface area contributed by atoms with E-state index in [1.54, 1.807) is 0 Å². The molecule has 2 aromatic rings. The molecule has 2 amide bonds. The third kappa shape index (κ3) is 4.51. The molecule has 0 atom stereocenters. The standard InChI is InChI=1S/C15H16N2O2S/c1-11-4-2-5-12(8-11)17-15(19)10-16-14(18)9-13-6-3-7-20-13/h2-8H,9-10H2,1H3,(H,16,18)(H,17,19). The Bertz CT molecular complexity index is 594. The Balaban J connectivity index is 1.76. The van der Waals surface area contributed by atoms with Crippen molar-refractivity contribution in [1.29, 1.82) is 0 Å². The van der Waals surface area contributed by atoms with Gasteiger partial charge in [-0.25, -0.2) is 0 Å². The number of amides is 2. The Kier molecular flexibility index (Phi) is 4.90. The molecule has 0 aliphatic rings. The van der Waals surface area contributed by atoms with E-state index in [9.17, 15) is 9.59 Å². The van der Waals surface area contributed by atoms with Crippen LogP contribution in [0.15, 0.2) is 41.8 Å². The maximum Gasteiger partial charge on any atom is 0.243 e. The third-order valence-electron chi connectivity index (χ3n) is 2.66. The van der Waals surface area contributed by atoms with Gasteiger partial charge in [-0.3, -0.25) is 9.59 Å². The minimum Gasteiger partial charge on any atom is -0.347 e. The van der Waals surface area contributed by atoms with Crippen LogP contribution in [0, 0.1) is 6.92 Å². The van der Waals surface area contributed by atoms with E-state index in [4.69, 9.17) is 0 Å². The van der Waals surface area contributed by atoms with Gasteiger partial charge in [0.25, 0.3) is 0 Å². The molecule has 0 saturated heterocycles. The highest BCUT2D eigenvalue weighted by Gasteiger charge is 2.07. The summed E-state index contributed by atoms with van der Waals surface area (Å²) in [4.78, 5) is 24.3. The summed E-state index contributed by atoms with van der Waals surface area (Å²) >= 11 is 1.53. The van der Waals surface area contributed by atoms with Gasteiger partial charge in [-0.05, 0) is 36.1 Å². The van der Waals surface area contributed by atoms with Gasteiger partial charge in [0.1, 0.15) is 0 Å². The van der Waals surface area contributed by atoms with Crippen LogP contribution in [0.1, 0.15) is 10.4 Å². The molecule has 2 N–H and O–H groups in total. The Morgan fingerprint density at radius 3 is 2.70 bits per heavy atom. The number of anilines is 1. The Morgan fingerprint density at radius 1 is 1.15 bits per heavy atom. The van der Waals surface area contributed by atoms with Gasteiger partial charge in [0, 0.05) is 10.6 Å². The molecule has 5 heteroatoms. The molecule has 0 bridgehead atoms. The van der Waals surface area contributed by atoms with Crippen LogP contribution in [0.4, 0.5) is 5.69 Å². The molecule has 0 fully saturated rings. The first-order valence-electron chi connectivity index (χ1n) is 6.29. The monoisotopic (exact) mass is 288 g/mol. The van der Waals surface area contributed by atoms with Gasteiger partial charge in [-0.2, -0.15) is 0 Å². The molecule has 1 aromatic heterocycles. The quantitative estimate of drug-likeness (QED) is 0.887. The zero-order chi connectivity index (χ0) is 14.4. The molecule has 0 saturated carbocycles. The number of hydrogen-bond acceptors (Lipinski definition) is 3. The van der Waals surface area contributed by atoms with E-state index in [2.05, 4.69) is 10.6 Å². The van der Waals surface area contributed by atoms with E-state index in [1.165, 1.54) is 11.3 Å². The van der Waals surface area contributed by atoms with Crippen LogP contribution in [-0.2, 0) is 16.0 Å². The normalized spacial score (nSPS) is 10.1. The van der Waals surface area contributed by atoms with Crippen molar-refractivity contribution in [2.24, 2.45) is 0 Å². The molecule has 104 valence electrons. The highest BCUT2D eigenvalue weighted by atomic mass is 32.1. The van der Waals surface area contributed by atoms with Crippen molar-refractivity contribution in [3.8, 4) is 0 Å². The number of aryl methyl sites for hydroxylation is 1. The third-order valence-corrected chi connectivity index (χ3v) is 3.54. The topological polar surface area (TPSA) is 58.2 Å². The summed E-state index contributed by atoms with van der Waals surface area (Å²) in [5.41, 5.74) is 1.81. The maximum atomic E-state index is 11.7. The summed E-state index contributed by atoms with van der Waals surface area (Å²) in [7, 11) is 0. The van der Waals surface area contributed by atoms with Crippen molar-refractivity contribution in [3.63, 3.8) is 0 Å². The van der Waals surface area contributed by atoms with E-state index in [0.29, 0.717) is 6.42 Å². The molecule has 0 aliphatic heterocycles. The van der Waals surface area contributed by atoms with Crippen LogP contribution < -0.4 is 10.6 Å². The van der Waals surface area contributed by atoms with Gasteiger partial charge in [0.05, 0.1) is 13.0 Å². The van der Waals surface area contributed by atoms with Gasteiger partial charge in [-0.1, -0.05) is 18.2 Å². The van der Waals surface area contributed by atoms with Crippen molar-refractivity contribution >= 4 is 28.8 Å². The molecule has 0 spiro atoms. The summed E-state index contributed by atoms with van der Waals surface area (Å²) in [6, 6.07) is 11.3. The molecule has 2 rings (SSSR count). The number of carbonyl (C=O) groups excluding carboxylic acids is 2. The molecule has 4 nitrogen and oxygen atoms in total. The molecular weight excluding hydrogens is 272 g/mol. The summed E-state index contributed by atoms with van der Waals surface area (Å²) in [5, 5.41) is 7.28. The van der Waals surface area contributed by atoms with Crippen LogP contribution in [0.3, 0.4) is 0 Å². The van der Waals surface area contributed by atoms with Crippen molar-refractivity contribution in [1.82, 2.24) is 5.32 Å². The smallest absolute Gasteiger partial charge is 0.243 e. The van der Waals surface area contributed by atoms with Gasteiger partial charge in [0.15, 0.2) is 0 Å². The summed E-state index contributed by atoms with van der Waals surface area (Å²) in [6.45, 7) is 1.94. The fourth-order valence-electron chi connectivity index (χ4n) is 1.74. The van der Waals surface area contributed by atoms with Crippen molar-refractivity contribution in [3.05, 3.63) is 52.2 Å². The molecule has 0 radical (unpaired) electrons. The van der Waals surface area contributed by atoms with E-state index >= 15 is 0 Å². The van der Waals surface area contributed by atoms with Crippen molar-refractivity contribution < 1.29 is 9.59 Å². The summed E-state index contributed by atoms with van der Waals surface area (Å²) in [5.74, 6) is -0.373. The Morgan fingerprint density at radius 2 is 2.00 bits per heavy atom. The first-order chi connectivity index (χ1) is 9.63. The second-order valence-electron chi connectivity index (χ2n) is 4.45. The van der Waals surface area contributed by atoms with Gasteiger partial charge in [-0.15, -0.1) is 11.3 Å². The highest BCUT2D eigenvalue weighted by Crippen LogP contribution is 2.09. The lowest BCUT2D eigenvalue weighted by atomic mass is 10.2. The molecule has 0 aliphatic carbocycles. The number of nitrogens with one attached hydrogen (secondary N) is 2. The first-order valence-corrected chi connectivity index (χ1v) is 7.17. The van der Waals surface area contributed by atoms with Crippen LogP contribution in [0.2, 0.25) is 0 Å². The Labute approximate surface area is 121 Å². The largest absolute Gasteiger partial charge is 0.347 e. The van der Waals surface area contributed by atoms with Crippen molar-refractivity contribution in [2.45, 2.75) is 13.3 Å². The van der Waals surface area contributed by atoms with E-state index in [0.717, 1.165) is 16.1 Å². The number of thiophene rings is 1. The fourth-order valence-corrected chi connectivity index (χ4v) is 2.44. The molecule has 1 heterocycles. The SMILES string of the molecule is Cc1cccc(NC(=O)CNC(=O)Cc2cccs2)c1. The van der Waals surface area contributed by atoms with E-state index in [-0.39, 0.29) is 18.4 Å². The lowest BCUT2D eigenvalue weighted by molar-refractivity contribution is -0.123. The molecular formula is C15H16N2O2S. The number of rotatable bonds is 5. The van der Waals surface area contributed by atoms with Crippen LogP contribution in [0.5, 0.6) is 0 Å².